The number of allylic oxidation sites excluding steroid dienone is 1. The fourth-order valence-electron chi connectivity index (χ4n) is 0.195. The van der Waals surface area contributed by atoms with Crippen LogP contribution >= 0.6 is 12.2 Å². The van der Waals surface area contributed by atoms with Crippen LogP contribution in [0.2, 0.25) is 0 Å². The Morgan fingerprint density at radius 3 is 3.00 bits per heavy atom. The Bertz CT molecular complexity index is 101. The van der Waals surface area contributed by atoms with E-state index in [0.29, 0.717) is 6.54 Å². The van der Waals surface area contributed by atoms with Crippen LogP contribution in [0.5, 0.6) is 0 Å². The molecule has 0 aromatic heterocycles. The highest BCUT2D eigenvalue weighted by Gasteiger charge is 1.60. The first-order chi connectivity index (χ1) is 3.41. The van der Waals surface area contributed by atoms with Gasteiger partial charge in [0.2, 0.25) is 0 Å². The third-order valence-corrected chi connectivity index (χ3v) is 0.626. The zero-order chi connectivity index (χ0) is 5.54. The molecule has 0 aliphatic rings. The molecule has 0 spiro atoms. The summed E-state index contributed by atoms with van der Waals surface area (Å²) in [5.74, 6) is 0. The molecule has 0 aliphatic carbocycles. The molecule has 0 aromatic carbocycles. The number of nitrogens with zero attached hydrogens (tertiary/aromatic N) is 1. The van der Waals surface area contributed by atoms with E-state index in [1.165, 1.54) is 0 Å². The van der Waals surface area contributed by atoms with Crippen LogP contribution in [0.25, 0.3) is 0 Å². The summed E-state index contributed by atoms with van der Waals surface area (Å²) in [5, 5.41) is 2.26. The molecule has 0 fully saturated rings. The lowest BCUT2D eigenvalue weighted by molar-refractivity contribution is 1.26. The standard InChI is InChI=1S/C5H7NS/c1-2-3-4-6-5-7/h2-3H,4H2,1H3/b3-2+. The van der Waals surface area contributed by atoms with Crippen molar-refractivity contribution in [2.45, 2.75) is 6.92 Å². The second-order valence-corrected chi connectivity index (χ2v) is 1.18. The van der Waals surface area contributed by atoms with Crippen molar-refractivity contribution in [2.24, 2.45) is 4.99 Å². The number of hydrogen-bond acceptors (Lipinski definition) is 2. The zero-order valence-corrected chi connectivity index (χ0v) is 5.03. The van der Waals surface area contributed by atoms with Crippen molar-refractivity contribution < 1.29 is 0 Å². The van der Waals surface area contributed by atoms with Gasteiger partial charge in [0.15, 0.2) is 0 Å². The van der Waals surface area contributed by atoms with Gasteiger partial charge in [-0.05, 0) is 19.1 Å². The van der Waals surface area contributed by atoms with Gasteiger partial charge in [-0.25, -0.2) is 4.99 Å². The minimum Gasteiger partial charge on any atom is -0.228 e. The van der Waals surface area contributed by atoms with Gasteiger partial charge >= 0.3 is 0 Å². The zero-order valence-electron chi connectivity index (χ0n) is 4.22. The fourth-order valence-corrected chi connectivity index (χ4v) is 0.270. The summed E-state index contributed by atoms with van der Waals surface area (Å²) in [7, 11) is 0. The molecule has 1 nitrogen and oxygen atoms in total. The van der Waals surface area contributed by atoms with Crippen molar-refractivity contribution in [3.8, 4) is 0 Å². The van der Waals surface area contributed by atoms with Gasteiger partial charge in [0.05, 0.1) is 11.7 Å². The molecular weight excluding hydrogens is 106 g/mol. The molecule has 0 amide bonds. The maximum Gasteiger partial charge on any atom is 0.0673 e. The summed E-state index contributed by atoms with van der Waals surface area (Å²) in [6, 6.07) is 0. The first-order valence-electron chi connectivity index (χ1n) is 2.06. The van der Waals surface area contributed by atoms with E-state index in [4.69, 9.17) is 0 Å². The Morgan fingerprint density at radius 2 is 2.57 bits per heavy atom. The monoisotopic (exact) mass is 113 g/mol. The van der Waals surface area contributed by atoms with Crippen LogP contribution in [0.3, 0.4) is 0 Å². The van der Waals surface area contributed by atoms with Crippen LogP contribution in [0.4, 0.5) is 0 Å². The highest BCUT2D eigenvalue weighted by atomic mass is 32.1. The number of isothiocyanates is 1. The Labute approximate surface area is 48.8 Å². The summed E-state index contributed by atoms with van der Waals surface area (Å²) < 4.78 is 0. The Kier molecular flexibility index (Phi) is 5.18. The van der Waals surface area contributed by atoms with Gasteiger partial charge in [-0.2, -0.15) is 0 Å². The average molecular weight is 113 g/mol. The van der Waals surface area contributed by atoms with Gasteiger partial charge in [0, 0.05) is 0 Å². The second-order valence-electron chi connectivity index (χ2n) is 1.00. The van der Waals surface area contributed by atoms with Crippen LogP contribution in [0.1, 0.15) is 6.92 Å². The van der Waals surface area contributed by atoms with Crippen LogP contribution in [0.15, 0.2) is 17.1 Å². The largest absolute Gasteiger partial charge is 0.228 e. The molecule has 38 valence electrons. The third-order valence-electron chi connectivity index (χ3n) is 0.497. The van der Waals surface area contributed by atoms with Crippen LogP contribution < -0.4 is 0 Å². The van der Waals surface area contributed by atoms with Gasteiger partial charge in [0.25, 0.3) is 0 Å². The van der Waals surface area contributed by atoms with E-state index in [-0.39, 0.29) is 0 Å². The summed E-state index contributed by atoms with van der Waals surface area (Å²) in [6.45, 7) is 2.61. The second kappa shape index (κ2) is 5.54. The third kappa shape index (κ3) is 5.54. The van der Waals surface area contributed by atoms with Crippen LogP contribution in [-0.4, -0.2) is 11.7 Å². The van der Waals surface area contributed by atoms with E-state index in [0.717, 1.165) is 0 Å². The number of aliphatic imine (C=N–C) groups is 1. The lowest BCUT2D eigenvalue weighted by Crippen LogP contribution is -1.64. The van der Waals surface area contributed by atoms with E-state index < -0.39 is 0 Å². The smallest absolute Gasteiger partial charge is 0.0673 e. The van der Waals surface area contributed by atoms with E-state index >= 15 is 0 Å². The molecule has 0 radical (unpaired) electrons. The maximum absolute atomic E-state index is 4.31. The Balaban J connectivity index is 3.15. The van der Waals surface area contributed by atoms with Crippen molar-refractivity contribution in [3.05, 3.63) is 12.2 Å². The van der Waals surface area contributed by atoms with Gasteiger partial charge in [0.1, 0.15) is 0 Å². The van der Waals surface area contributed by atoms with E-state index in [1.807, 2.05) is 19.1 Å². The molecule has 0 saturated carbocycles. The van der Waals surface area contributed by atoms with Crippen molar-refractivity contribution in [2.75, 3.05) is 6.54 Å². The highest BCUT2D eigenvalue weighted by molar-refractivity contribution is 7.78. The van der Waals surface area contributed by atoms with Crippen LogP contribution in [0, 0.1) is 0 Å². The molecule has 0 aliphatic heterocycles. The molecule has 0 N–H and O–H groups in total. The fraction of sp³-hybridized carbons (Fsp3) is 0.400. The number of rotatable bonds is 2. The van der Waals surface area contributed by atoms with E-state index in [1.54, 1.807) is 0 Å². The normalized spacial score (nSPS) is 8.71. The van der Waals surface area contributed by atoms with Crippen molar-refractivity contribution >= 4 is 17.4 Å². The predicted molar refractivity (Wildman–Crippen MR) is 34.7 cm³/mol. The summed E-state index contributed by atoms with van der Waals surface area (Å²) >= 11 is 4.31. The van der Waals surface area contributed by atoms with E-state index in [2.05, 4.69) is 22.4 Å². The summed E-state index contributed by atoms with van der Waals surface area (Å²) in [5.41, 5.74) is 0. The van der Waals surface area contributed by atoms with Crippen molar-refractivity contribution in [1.29, 1.82) is 0 Å². The minimum absolute atomic E-state index is 0.667. The number of thiocarbonyl (C=S) groups is 1. The molecule has 2 heteroatoms. The molecule has 0 saturated heterocycles. The molecular formula is C5H7NS. The first-order valence-corrected chi connectivity index (χ1v) is 2.47. The van der Waals surface area contributed by atoms with Crippen molar-refractivity contribution in [3.63, 3.8) is 0 Å². The molecule has 7 heavy (non-hydrogen) atoms. The molecule has 0 rings (SSSR count). The van der Waals surface area contributed by atoms with Gasteiger partial charge < -0.3 is 0 Å². The first kappa shape index (κ1) is 6.54. The summed E-state index contributed by atoms with van der Waals surface area (Å²) in [6.07, 6.45) is 3.84. The van der Waals surface area contributed by atoms with Gasteiger partial charge in [-0.15, -0.1) is 0 Å². The molecule has 0 unspecified atom stereocenters. The van der Waals surface area contributed by atoms with Gasteiger partial charge in [-0.3, -0.25) is 0 Å². The Hall–Kier alpha value is -0.460. The van der Waals surface area contributed by atoms with Crippen molar-refractivity contribution in [1.82, 2.24) is 0 Å². The van der Waals surface area contributed by atoms with E-state index in [9.17, 15) is 0 Å². The minimum atomic E-state index is 0.667. The molecule has 0 atom stereocenters. The predicted octanol–water partition coefficient (Wildman–Crippen LogP) is 1.67. The lowest BCUT2D eigenvalue weighted by Gasteiger charge is -1.70. The lowest BCUT2D eigenvalue weighted by atomic mass is 10.5. The molecule has 0 bridgehead atoms. The molecule has 0 heterocycles. The average Bonchev–Trinajstić information content (AvgIpc) is 1.69. The SMILES string of the molecule is C/C=C/CN=C=S. The maximum atomic E-state index is 4.31. The van der Waals surface area contributed by atoms with Gasteiger partial charge in [-0.1, -0.05) is 12.2 Å². The summed E-state index contributed by atoms with van der Waals surface area (Å²) in [4.78, 5) is 3.64. The number of hydrogen-bond donors (Lipinski definition) is 0. The Morgan fingerprint density at radius 1 is 1.86 bits per heavy atom. The topological polar surface area (TPSA) is 12.4 Å². The molecule has 0 aromatic rings. The van der Waals surface area contributed by atoms with Crippen LogP contribution in [-0.2, 0) is 0 Å². The highest BCUT2D eigenvalue weighted by Crippen LogP contribution is 1.69. The quantitative estimate of drug-likeness (QED) is 0.301.